The number of fused-ring (bicyclic) bond motifs is 1. The van der Waals surface area contributed by atoms with Crippen LogP contribution in [0.3, 0.4) is 0 Å². The quantitative estimate of drug-likeness (QED) is 0.401. The van der Waals surface area contributed by atoms with E-state index in [4.69, 9.17) is 9.47 Å². The monoisotopic (exact) mass is 578 g/mol. The second kappa shape index (κ2) is 12.2. The predicted octanol–water partition coefficient (Wildman–Crippen LogP) is 6.28. The van der Waals surface area contributed by atoms with E-state index in [0.717, 1.165) is 23.2 Å². The molecule has 2 atom stereocenters. The van der Waals surface area contributed by atoms with Crippen LogP contribution in [0.25, 0.3) is 0 Å². The van der Waals surface area contributed by atoms with Gasteiger partial charge in [-0.2, -0.15) is 5.26 Å². The molecule has 2 unspecified atom stereocenters. The molecule has 0 spiro atoms. The van der Waals surface area contributed by atoms with Crippen LogP contribution < -0.4 is 14.5 Å². The molecule has 1 saturated heterocycles. The summed E-state index contributed by atoms with van der Waals surface area (Å²) in [4.78, 5) is 32.6. The number of nitriles is 1. The lowest BCUT2D eigenvalue weighted by molar-refractivity contribution is -0.140. The summed E-state index contributed by atoms with van der Waals surface area (Å²) < 4.78 is 25.6. The Bertz CT molecular complexity index is 1340. The molecule has 0 saturated carbocycles. The van der Waals surface area contributed by atoms with Crippen LogP contribution in [-0.2, 0) is 16.0 Å². The number of carbonyl (C=O) groups excluding carboxylic acids is 2. The van der Waals surface area contributed by atoms with Gasteiger partial charge >= 0.3 is 6.09 Å². The number of ether oxygens (including phenoxy) is 2. The van der Waals surface area contributed by atoms with Crippen LogP contribution in [0.2, 0.25) is 0 Å². The van der Waals surface area contributed by atoms with Crippen molar-refractivity contribution in [3.05, 3.63) is 53.3 Å². The summed E-state index contributed by atoms with van der Waals surface area (Å²) in [5, 5.41) is 10.1. The molecule has 9 heteroatoms. The molecule has 2 aromatic rings. The van der Waals surface area contributed by atoms with Crippen LogP contribution in [0.1, 0.15) is 70.9 Å². The molecule has 42 heavy (non-hydrogen) atoms. The summed E-state index contributed by atoms with van der Waals surface area (Å²) >= 11 is 0. The van der Waals surface area contributed by atoms with Gasteiger partial charge in [-0.1, -0.05) is 26.0 Å². The maximum Gasteiger partial charge on any atom is 0.415 e. The number of hydrogen-bond donors (Lipinski definition) is 0. The Kier molecular flexibility index (Phi) is 9.05. The van der Waals surface area contributed by atoms with E-state index < -0.39 is 23.2 Å². The summed E-state index contributed by atoms with van der Waals surface area (Å²) in [5.41, 5.74) is 2.00. The van der Waals surface area contributed by atoms with E-state index in [9.17, 15) is 19.2 Å². The fourth-order valence-electron chi connectivity index (χ4n) is 5.54. The maximum absolute atomic E-state index is 13.9. The van der Waals surface area contributed by atoms with Crippen LogP contribution in [0, 0.1) is 22.6 Å². The molecule has 2 aromatic carbocycles. The fourth-order valence-corrected chi connectivity index (χ4v) is 5.54. The number of nitrogens with zero attached hydrogens (tertiary/aromatic N) is 4. The molecular formula is C33H43FN4O4. The summed E-state index contributed by atoms with van der Waals surface area (Å²) in [6, 6.07) is 12.7. The zero-order valence-corrected chi connectivity index (χ0v) is 25.9. The number of piperidine rings is 1. The van der Waals surface area contributed by atoms with E-state index in [0.29, 0.717) is 43.8 Å². The first-order valence-corrected chi connectivity index (χ1v) is 14.7. The molecule has 2 aliphatic heterocycles. The van der Waals surface area contributed by atoms with Gasteiger partial charge in [-0.25, -0.2) is 9.18 Å². The van der Waals surface area contributed by atoms with E-state index in [1.165, 1.54) is 17.0 Å². The van der Waals surface area contributed by atoms with Gasteiger partial charge in [0.15, 0.2) is 11.9 Å². The van der Waals surface area contributed by atoms with Crippen LogP contribution in [0.5, 0.6) is 5.75 Å². The van der Waals surface area contributed by atoms with Gasteiger partial charge in [0.2, 0.25) is 0 Å². The first-order chi connectivity index (χ1) is 19.8. The van der Waals surface area contributed by atoms with Crippen molar-refractivity contribution in [2.75, 3.05) is 43.5 Å². The van der Waals surface area contributed by atoms with E-state index in [-0.39, 0.29) is 24.2 Å². The van der Waals surface area contributed by atoms with Crippen molar-refractivity contribution in [2.24, 2.45) is 5.41 Å². The number of amides is 2. The molecule has 0 N–H and O–H groups in total. The summed E-state index contributed by atoms with van der Waals surface area (Å²) in [6.45, 7) is 10.5. The van der Waals surface area contributed by atoms with Crippen molar-refractivity contribution in [2.45, 2.75) is 77.9 Å². The Labute approximate surface area is 249 Å². The van der Waals surface area contributed by atoms with Crippen molar-refractivity contribution in [1.82, 2.24) is 4.90 Å². The fraction of sp³-hybridized carbons (Fsp3) is 0.545. The Morgan fingerprint density at radius 3 is 2.38 bits per heavy atom. The topological polar surface area (TPSA) is 86.1 Å². The van der Waals surface area contributed by atoms with Gasteiger partial charge in [0.25, 0.3) is 5.91 Å². The Morgan fingerprint density at radius 1 is 1.19 bits per heavy atom. The van der Waals surface area contributed by atoms with Gasteiger partial charge in [-0.15, -0.1) is 0 Å². The minimum Gasteiger partial charge on any atom is -0.474 e. The number of hydrogen-bond acceptors (Lipinski definition) is 6. The molecule has 226 valence electrons. The number of rotatable bonds is 6. The number of likely N-dealkylation sites (tertiary alicyclic amines) is 1. The zero-order chi connectivity index (χ0) is 30.8. The Balaban J connectivity index is 1.60. The molecule has 2 heterocycles. The number of benzene rings is 2. The highest BCUT2D eigenvalue weighted by atomic mass is 19.1. The highest BCUT2D eigenvalue weighted by Gasteiger charge is 2.42. The van der Waals surface area contributed by atoms with Crippen molar-refractivity contribution in [3.8, 4) is 11.8 Å². The second-order valence-electron chi connectivity index (χ2n) is 12.8. The van der Waals surface area contributed by atoms with E-state index in [1.54, 1.807) is 17.0 Å². The minimum absolute atomic E-state index is 0.0209. The van der Waals surface area contributed by atoms with Gasteiger partial charge in [0.05, 0.1) is 29.4 Å². The van der Waals surface area contributed by atoms with Gasteiger partial charge in [-0.05, 0) is 87.8 Å². The normalized spacial score (nSPS) is 18.8. The van der Waals surface area contributed by atoms with Gasteiger partial charge < -0.3 is 19.3 Å². The number of anilines is 2. The standard InChI is InChI=1S/C33H43FN4O4/c1-8-22(2)24-17-26(36(6)7)29-27(18-24)38(31(40)42-32(3,4)5)20-28(41-29)30(39)37-15-13-33(21-35,14-16-37)19-23-9-11-25(34)12-10-23/h9-12,17-18,22,28H,8,13-16,19-20H2,1-7H3. The first-order valence-electron chi connectivity index (χ1n) is 14.7. The third-order valence-electron chi connectivity index (χ3n) is 8.25. The molecule has 2 aliphatic rings. The third-order valence-corrected chi connectivity index (χ3v) is 8.25. The Morgan fingerprint density at radius 2 is 1.83 bits per heavy atom. The lowest BCUT2D eigenvalue weighted by Crippen LogP contribution is -2.55. The van der Waals surface area contributed by atoms with Gasteiger partial charge in [0, 0.05) is 27.2 Å². The van der Waals surface area contributed by atoms with Crippen LogP contribution >= 0.6 is 0 Å². The van der Waals surface area contributed by atoms with E-state index in [1.807, 2.05) is 45.8 Å². The minimum atomic E-state index is -0.926. The van der Waals surface area contributed by atoms with Crippen LogP contribution in [0.4, 0.5) is 20.6 Å². The molecule has 0 bridgehead atoms. The average Bonchev–Trinajstić information content (AvgIpc) is 2.95. The van der Waals surface area contributed by atoms with Crippen molar-refractivity contribution >= 4 is 23.4 Å². The SMILES string of the molecule is CCC(C)c1cc(N(C)C)c2c(c1)N(C(=O)OC(C)(C)C)CC(C(=O)N1CCC(C#N)(Cc3ccc(F)cc3)CC1)O2. The smallest absolute Gasteiger partial charge is 0.415 e. The molecule has 0 aromatic heterocycles. The van der Waals surface area contributed by atoms with Crippen molar-refractivity contribution < 1.29 is 23.5 Å². The summed E-state index contributed by atoms with van der Waals surface area (Å²) in [6.07, 6.45) is 0.957. The molecule has 0 radical (unpaired) electrons. The van der Waals surface area contributed by atoms with Gasteiger partial charge in [-0.3, -0.25) is 9.69 Å². The molecule has 1 fully saturated rings. The molecule has 8 nitrogen and oxygen atoms in total. The van der Waals surface area contributed by atoms with Crippen LogP contribution in [-0.4, -0.2) is 62.3 Å². The van der Waals surface area contributed by atoms with Crippen LogP contribution in [0.15, 0.2) is 36.4 Å². The van der Waals surface area contributed by atoms with Gasteiger partial charge in [0.1, 0.15) is 11.4 Å². The van der Waals surface area contributed by atoms with Crippen molar-refractivity contribution in [1.29, 1.82) is 5.26 Å². The first kappa shape index (κ1) is 31.1. The van der Waals surface area contributed by atoms with E-state index in [2.05, 4.69) is 26.0 Å². The third kappa shape index (κ3) is 6.80. The lowest BCUT2D eigenvalue weighted by atomic mass is 9.75. The maximum atomic E-state index is 13.9. The zero-order valence-electron chi connectivity index (χ0n) is 25.9. The highest BCUT2D eigenvalue weighted by Crippen LogP contribution is 2.45. The van der Waals surface area contributed by atoms with Crippen molar-refractivity contribution in [3.63, 3.8) is 0 Å². The molecule has 2 amide bonds. The summed E-state index contributed by atoms with van der Waals surface area (Å²) in [7, 11) is 3.83. The van der Waals surface area contributed by atoms with E-state index >= 15 is 0 Å². The molecule has 0 aliphatic carbocycles. The molecule has 4 rings (SSSR count). The predicted molar refractivity (Wildman–Crippen MR) is 161 cm³/mol. The largest absolute Gasteiger partial charge is 0.474 e. The second-order valence-corrected chi connectivity index (χ2v) is 12.8. The lowest BCUT2D eigenvalue weighted by Gasteiger charge is -2.41. The highest BCUT2D eigenvalue weighted by molar-refractivity contribution is 5.95. The number of halogens is 1. The Hall–Kier alpha value is -3.80. The summed E-state index contributed by atoms with van der Waals surface area (Å²) in [5.74, 6) is 0.200. The number of carbonyl (C=O) groups is 2. The molecular weight excluding hydrogens is 535 g/mol. The average molecular weight is 579 g/mol.